The maximum Gasteiger partial charge on any atom is 0.0392 e. The molecule has 9 heavy (non-hydrogen) atoms. The van der Waals surface area contributed by atoms with Gasteiger partial charge < -0.3 is 0 Å². The van der Waals surface area contributed by atoms with Gasteiger partial charge in [0.05, 0.1) is 0 Å². The van der Waals surface area contributed by atoms with Gasteiger partial charge in [0.15, 0.2) is 0 Å². The van der Waals surface area contributed by atoms with Gasteiger partial charge in [0.25, 0.3) is 0 Å². The summed E-state index contributed by atoms with van der Waals surface area (Å²) in [5.74, 6) is 0. The standard InChI is InChI=1S/C7H10N2/c1-6-4-5-7(2)9(6)8-3/h4-5H,3H2,1-2H3. The maximum absolute atomic E-state index is 3.80. The average Bonchev–Trinajstić information content (AvgIpc) is 2.12. The van der Waals surface area contributed by atoms with Crippen molar-refractivity contribution in [2.75, 3.05) is 0 Å². The van der Waals surface area contributed by atoms with Crippen LogP contribution in [0.1, 0.15) is 11.4 Å². The Bertz CT molecular complexity index is 203. The molecule has 0 aliphatic carbocycles. The van der Waals surface area contributed by atoms with Crippen LogP contribution in [-0.2, 0) is 0 Å². The van der Waals surface area contributed by atoms with Crippen molar-refractivity contribution in [3.63, 3.8) is 0 Å². The van der Waals surface area contributed by atoms with Gasteiger partial charge >= 0.3 is 0 Å². The predicted octanol–water partition coefficient (Wildman–Crippen LogP) is 1.57. The fraction of sp³-hybridized carbons (Fsp3) is 0.286. The third-order valence-corrected chi connectivity index (χ3v) is 1.38. The van der Waals surface area contributed by atoms with E-state index in [9.17, 15) is 0 Å². The van der Waals surface area contributed by atoms with Gasteiger partial charge in [-0.05, 0) is 26.0 Å². The number of aromatic nitrogens is 1. The molecule has 1 heterocycles. The Morgan fingerprint density at radius 3 is 2.00 bits per heavy atom. The highest BCUT2D eigenvalue weighted by Crippen LogP contribution is 2.04. The molecule has 0 atom stereocenters. The molecule has 0 bridgehead atoms. The molecule has 0 spiro atoms. The molecule has 1 rings (SSSR count). The summed E-state index contributed by atoms with van der Waals surface area (Å²) in [6, 6.07) is 4.04. The molecular formula is C7H10N2. The molecule has 0 aromatic carbocycles. The highest BCUT2D eigenvalue weighted by Gasteiger charge is 1.94. The normalized spacial score (nSPS) is 9.56. The quantitative estimate of drug-likeness (QED) is 0.503. The molecular weight excluding hydrogens is 112 g/mol. The molecule has 0 saturated carbocycles. The summed E-state index contributed by atoms with van der Waals surface area (Å²) < 4.78 is 1.81. The topological polar surface area (TPSA) is 17.3 Å². The minimum atomic E-state index is 1.13. The molecule has 1 aromatic heterocycles. The van der Waals surface area contributed by atoms with E-state index in [0.29, 0.717) is 0 Å². The zero-order chi connectivity index (χ0) is 6.85. The van der Waals surface area contributed by atoms with Crippen molar-refractivity contribution >= 4 is 6.72 Å². The third-order valence-electron chi connectivity index (χ3n) is 1.38. The summed E-state index contributed by atoms with van der Waals surface area (Å²) in [5, 5.41) is 3.80. The van der Waals surface area contributed by atoms with Gasteiger partial charge in [-0.15, -0.1) is 0 Å². The molecule has 0 saturated heterocycles. The van der Waals surface area contributed by atoms with Gasteiger partial charge in [0.1, 0.15) is 0 Å². The Hall–Kier alpha value is -1.05. The summed E-state index contributed by atoms with van der Waals surface area (Å²) in [6.07, 6.45) is 0. The number of nitrogens with zero attached hydrogens (tertiary/aromatic N) is 2. The van der Waals surface area contributed by atoms with Crippen molar-refractivity contribution in [2.45, 2.75) is 13.8 Å². The number of rotatable bonds is 1. The summed E-state index contributed by atoms with van der Waals surface area (Å²) in [7, 11) is 0. The molecule has 1 aromatic rings. The van der Waals surface area contributed by atoms with Crippen LogP contribution in [0, 0.1) is 13.8 Å². The van der Waals surface area contributed by atoms with Crippen molar-refractivity contribution in [3.8, 4) is 0 Å². The zero-order valence-electron chi connectivity index (χ0n) is 5.76. The molecule has 2 nitrogen and oxygen atoms in total. The van der Waals surface area contributed by atoms with Crippen LogP contribution in [0.25, 0.3) is 0 Å². The minimum absolute atomic E-state index is 1.13. The van der Waals surface area contributed by atoms with Crippen LogP contribution in [0.2, 0.25) is 0 Å². The van der Waals surface area contributed by atoms with Crippen LogP contribution in [-0.4, -0.2) is 11.4 Å². The summed E-state index contributed by atoms with van der Waals surface area (Å²) in [6.45, 7) is 7.44. The second kappa shape index (κ2) is 2.05. The van der Waals surface area contributed by atoms with Gasteiger partial charge in [-0.2, -0.15) is 5.10 Å². The van der Waals surface area contributed by atoms with Crippen LogP contribution < -0.4 is 0 Å². The first-order chi connectivity index (χ1) is 4.25. The second-order valence-electron chi connectivity index (χ2n) is 2.07. The molecule has 0 fully saturated rings. The lowest BCUT2D eigenvalue weighted by Crippen LogP contribution is -1.90. The Morgan fingerprint density at radius 1 is 1.33 bits per heavy atom. The molecule has 0 unspecified atom stereocenters. The Balaban J connectivity index is 3.22. The third kappa shape index (κ3) is 0.875. The van der Waals surface area contributed by atoms with Crippen LogP contribution in [0.15, 0.2) is 17.2 Å². The lowest BCUT2D eigenvalue weighted by Gasteiger charge is -1.96. The number of aryl methyl sites for hydroxylation is 2. The molecule has 0 radical (unpaired) electrons. The van der Waals surface area contributed by atoms with Crippen molar-refractivity contribution in [2.24, 2.45) is 5.10 Å². The minimum Gasteiger partial charge on any atom is -0.243 e. The lowest BCUT2D eigenvalue weighted by molar-refractivity contribution is 0.822. The summed E-state index contributed by atoms with van der Waals surface area (Å²) >= 11 is 0. The molecule has 0 N–H and O–H groups in total. The highest BCUT2D eigenvalue weighted by atomic mass is 15.3. The van der Waals surface area contributed by atoms with Gasteiger partial charge in [-0.25, -0.2) is 4.68 Å². The number of hydrogen-bond donors (Lipinski definition) is 0. The van der Waals surface area contributed by atoms with Crippen molar-refractivity contribution in [3.05, 3.63) is 23.5 Å². The first-order valence-corrected chi connectivity index (χ1v) is 2.87. The van der Waals surface area contributed by atoms with E-state index >= 15 is 0 Å². The van der Waals surface area contributed by atoms with Crippen molar-refractivity contribution in [1.29, 1.82) is 0 Å². The first kappa shape index (κ1) is 6.08. The van der Waals surface area contributed by atoms with E-state index in [2.05, 4.69) is 11.8 Å². The van der Waals surface area contributed by atoms with Gasteiger partial charge in [0, 0.05) is 18.1 Å². The number of hydrogen-bond acceptors (Lipinski definition) is 1. The van der Waals surface area contributed by atoms with E-state index in [1.165, 1.54) is 0 Å². The first-order valence-electron chi connectivity index (χ1n) is 2.87. The smallest absolute Gasteiger partial charge is 0.0392 e. The summed E-state index contributed by atoms with van der Waals surface area (Å²) in [5.41, 5.74) is 2.25. The fourth-order valence-electron chi connectivity index (χ4n) is 0.884. The Morgan fingerprint density at radius 2 is 1.78 bits per heavy atom. The predicted molar refractivity (Wildman–Crippen MR) is 38.9 cm³/mol. The van der Waals surface area contributed by atoms with E-state index in [-0.39, 0.29) is 0 Å². The van der Waals surface area contributed by atoms with E-state index < -0.39 is 0 Å². The van der Waals surface area contributed by atoms with Gasteiger partial charge in [0.2, 0.25) is 0 Å². The Labute approximate surface area is 54.8 Å². The van der Waals surface area contributed by atoms with Crippen LogP contribution in [0.4, 0.5) is 0 Å². The summed E-state index contributed by atoms with van der Waals surface area (Å²) in [4.78, 5) is 0. The fourth-order valence-corrected chi connectivity index (χ4v) is 0.884. The van der Waals surface area contributed by atoms with Crippen LogP contribution >= 0.6 is 0 Å². The lowest BCUT2D eigenvalue weighted by atomic mass is 10.5. The SMILES string of the molecule is C=Nn1c(C)ccc1C. The average molecular weight is 122 g/mol. The second-order valence-corrected chi connectivity index (χ2v) is 2.07. The monoisotopic (exact) mass is 122 g/mol. The van der Waals surface area contributed by atoms with Crippen molar-refractivity contribution < 1.29 is 0 Å². The van der Waals surface area contributed by atoms with E-state index in [0.717, 1.165) is 11.4 Å². The molecule has 0 amide bonds. The highest BCUT2D eigenvalue weighted by molar-refractivity contribution is 5.25. The zero-order valence-corrected chi connectivity index (χ0v) is 5.76. The van der Waals surface area contributed by atoms with Gasteiger partial charge in [-0.1, -0.05) is 0 Å². The molecule has 0 aliphatic heterocycles. The largest absolute Gasteiger partial charge is 0.243 e. The van der Waals surface area contributed by atoms with Crippen LogP contribution in [0.3, 0.4) is 0 Å². The van der Waals surface area contributed by atoms with Crippen molar-refractivity contribution in [1.82, 2.24) is 4.68 Å². The molecule has 0 aliphatic rings. The maximum atomic E-state index is 3.80. The van der Waals surface area contributed by atoms with E-state index in [1.807, 2.05) is 26.0 Å². The molecule has 2 heteroatoms. The molecule has 48 valence electrons. The van der Waals surface area contributed by atoms with E-state index in [4.69, 9.17) is 0 Å². The van der Waals surface area contributed by atoms with E-state index in [1.54, 1.807) is 4.68 Å². The van der Waals surface area contributed by atoms with Gasteiger partial charge in [-0.3, -0.25) is 0 Å². The Kier molecular flexibility index (Phi) is 1.39. The van der Waals surface area contributed by atoms with Crippen LogP contribution in [0.5, 0.6) is 0 Å².